The van der Waals surface area contributed by atoms with Crippen LogP contribution in [-0.2, 0) is 14.3 Å². The molecular weight excluding hydrogens is 208 g/mol. The molecule has 2 bridgehead atoms. The number of aliphatic hydroxyl groups is 1. The number of fused-ring (bicyclic) bond motifs is 2. The molecule has 2 heterocycles. The Morgan fingerprint density at radius 3 is 2.50 bits per heavy atom. The third-order valence-electron chi connectivity index (χ3n) is 4.52. The second-order valence-corrected chi connectivity index (χ2v) is 5.75. The lowest BCUT2D eigenvalue weighted by molar-refractivity contribution is -0.172. The summed E-state index contributed by atoms with van der Waals surface area (Å²) in [6.45, 7) is 5.59. The first kappa shape index (κ1) is 11.9. The lowest BCUT2D eigenvalue weighted by atomic mass is 9.67. The summed E-state index contributed by atoms with van der Waals surface area (Å²) in [5.41, 5.74) is -1.75. The van der Waals surface area contributed by atoms with Gasteiger partial charge in [-0.15, -0.1) is 0 Å². The van der Waals surface area contributed by atoms with Gasteiger partial charge in [0.15, 0.2) is 0 Å². The van der Waals surface area contributed by atoms with Gasteiger partial charge >= 0.3 is 5.97 Å². The second-order valence-electron chi connectivity index (χ2n) is 5.75. The van der Waals surface area contributed by atoms with Crippen molar-refractivity contribution in [2.75, 3.05) is 7.11 Å². The molecule has 2 rings (SSSR count). The van der Waals surface area contributed by atoms with Crippen LogP contribution in [0.15, 0.2) is 0 Å². The van der Waals surface area contributed by atoms with Crippen molar-refractivity contribution < 1.29 is 19.4 Å². The molecule has 0 aromatic carbocycles. The predicted molar refractivity (Wildman–Crippen MR) is 57.9 cm³/mol. The second kappa shape index (κ2) is 3.20. The fourth-order valence-corrected chi connectivity index (χ4v) is 3.04. The maximum atomic E-state index is 11.8. The van der Waals surface area contributed by atoms with E-state index in [2.05, 4.69) is 0 Å². The first-order valence-corrected chi connectivity index (χ1v) is 5.74. The van der Waals surface area contributed by atoms with Crippen LogP contribution < -0.4 is 0 Å². The van der Waals surface area contributed by atoms with Gasteiger partial charge in [0.2, 0.25) is 0 Å². The van der Waals surface area contributed by atoms with Crippen molar-refractivity contribution in [3.05, 3.63) is 0 Å². The highest BCUT2D eigenvalue weighted by atomic mass is 16.6. The zero-order chi connectivity index (χ0) is 12.2. The number of rotatable bonds is 2. The van der Waals surface area contributed by atoms with Crippen LogP contribution >= 0.6 is 0 Å². The zero-order valence-corrected chi connectivity index (χ0v) is 10.4. The van der Waals surface area contributed by atoms with Crippen molar-refractivity contribution in [2.45, 2.75) is 57.3 Å². The van der Waals surface area contributed by atoms with Gasteiger partial charge < -0.3 is 14.6 Å². The Labute approximate surface area is 95.9 Å². The van der Waals surface area contributed by atoms with Crippen molar-refractivity contribution in [3.8, 4) is 0 Å². The fraction of sp³-hybridized carbons (Fsp3) is 0.917. The quantitative estimate of drug-likeness (QED) is 0.723. The van der Waals surface area contributed by atoms with Gasteiger partial charge in [-0.3, -0.25) is 4.79 Å². The summed E-state index contributed by atoms with van der Waals surface area (Å²) in [5.74, 6) is -0.272. The molecule has 4 heteroatoms. The van der Waals surface area contributed by atoms with E-state index in [0.29, 0.717) is 6.42 Å². The van der Waals surface area contributed by atoms with Crippen molar-refractivity contribution >= 4 is 5.97 Å². The van der Waals surface area contributed by atoms with E-state index in [1.54, 1.807) is 0 Å². The van der Waals surface area contributed by atoms with Crippen molar-refractivity contribution in [3.63, 3.8) is 0 Å². The zero-order valence-electron chi connectivity index (χ0n) is 10.4. The van der Waals surface area contributed by atoms with Gasteiger partial charge in [-0.25, -0.2) is 0 Å². The number of hydrogen-bond acceptors (Lipinski definition) is 4. The van der Waals surface area contributed by atoms with E-state index in [-0.39, 0.29) is 5.97 Å². The first-order valence-electron chi connectivity index (χ1n) is 5.74. The van der Waals surface area contributed by atoms with Crippen LogP contribution in [0.25, 0.3) is 0 Å². The summed E-state index contributed by atoms with van der Waals surface area (Å²) in [7, 11) is 1.39. The van der Waals surface area contributed by atoms with Gasteiger partial charge in [-0.05, 0) is 33.6 Å². The van der Waals surface area contributed by atoms with Crippen LogP contribution in [0.1, 0.15) is 40.0 Å². The first-order chi connectivity index (χ1) is 7.27. The topological polar surface area (TPSA) is 55.8 Å². The summed E-state index contributed by atoms with van der Waals surface area (Å²) in [6.07, 6.45) is 1.65. The number of carbonyl (C=O) groups excluding carboxylic acids is 1. The highest BCUT2D eigenvalue weighted by molar-refractivity contribution is 5.77. The molecule has 0 aliphatic carbocycles. The van der Waals surface area contributed by atoms with Gasteiger partial charge in [0.05, 0.1) is 29.8 Å². The molecule has 0 spiro atoms. The molecule has 2 saturated heterocycles. The minimum Gasteiger partial charge on any atom is -0.469 e. The average Bonchev–Trinajstić information content (AvgIpc) is 2.69. The molecule has 0 saturated carbocycles. The van der Waals surface area contributed by atoms with Crippen LogP contribution in [0, 0.1) is 5.41 Å². The number of aliphatic hydroxyl groups excluding tert-OH is 1. The Bertz CT molecular complexity index is 325. The van der Waals surface area contributed by atoms with Crippen LogP contribution in [0.3, 0.4) is 0 Å². The Morgan fingerprint density at radius 2 is 2.12 bits per heavy atom. The van der Waals surface area contributed by atoms with E-state index in [4.69, 9.17) is 9.47 Å². The highest BCUT2D eigenvalue weighted by Crippen LogP contribution is 2.58. The molecular formula is C12H20O4. The van der Waals surface area contributed by atoms with Gasteiger partial charge in [0.25, 0.3) is 0 Å². The third-order valence-corrected chi connectivity index (χ3v) is 4.52. The Hall–Kier alpha value is -0.610. The van der Waals surface area contributed by atoms with E-state index in [1.807, 2.05) is 20.8 Å². The summed E-state index contributed by atoms with van der Waals surface area (Å²) < 4.78 is 10.8. The summed E-state index contributed by atoms with van der Waals surface area (Å²) in [5, 5.41) is 9.98. The van der Waals surface area contributed by atoms with Crippen LogP contribution in [0.2, 0.25) is 0 Å². The van der Waals surface area contributed by atoms with Crippen LogP contribution in [0.5, 0.6) is 0 Å². The largest absolute Gasteiger partial charge is 0.469 e. The average molecular weight is 228 g/mol. The SMILES string of the molecule is COC(=O)C(C)(C)C12CCC(C)(O1)C(O)C2. The van der Waals surface area contributed by atoms with Gasteiger partial charge in [-0.1, -0.05) is 0 Å². The van der Waals surface area contributed by atoms with Gasteiger partial charge in [0, 0.05) is 6.42 Å². The number of ether oxygens (including phenoxy) is 2. The minimum absolute atomic E-state index is 0.272. The lowest BCUT2D eigenvalue weighted by Gasteiger charge is -2.39. The van der Waals surface area contributed by atoms with Gasteiger partial charge in [-0.2, -0.15) is 0 Å². The number of hydrogen-bond donors (Lipinski definition) is 1. The summed E-state index contributed by atoms with van der Waals surface area (Å²) >= 11 is 0. The van der Waals surface area contributed by atoms with E-state index in [1.165, 1.54) is 7.11 Å². The molecule has 2 fully saturated rings. The number of carbonyl (C=O) groups is 1. The molecule has 0 aromatic rings. The van der Waals surface area contributed by atoms with Gasteiger partial charge in [0.1, 0.15) is 0 Å². The standard InChI is InChI=1S/C12H20O4/c1-10(2,9(14)15-4)12-6-5-11(3,16-12)8(13)7-12/h8,13H,5-7H2,1-4H3. The maximum absolute atomic E-state index is 11.8. The Kier molecular flexibility index (Phi) is 2.37. The van der Waals surface area contributed by atoms with E-state index >= 15 is 0 Å². The normalized spacial score (nSPS) is 42.4. The Morgan fingerprint density at radius 1 is 1.50 bits per heavy atom. The van der Waals surface area contributed by atoms with Crippen LogP contribution in [0.4, 0.5) is 0 Å². The molecule has 3 unspecified atom stereocenters. The monoisotopic (exact) mass is 228 g/mol. The van der Waals surface area contributed by atoms with E-state index in [0.717, 1.165) is 12.8 Å². The molecule has 3 atom stereocenters. The summed E-state index contributed by atoms with van der Waals surface area (Å²) in [4.78, 5) is 11.8. The fourth-order valence-electron chi connectivity index (χ4n) is 3.04. The number of methoxy groups -OCH3 is 1. The number of esters is 1. The maximum Gasteiger partial charge on any atom is 0.314 e. The molecule has 0 amide bonds. The van der Waals surface area contributed by atoms with Crippen molar-refractivity contribution in [1.29, 1.82) is 0 Å². The van der Waals surface area contributed by atoms with Crippen molar-refractivity contribution in [2.24, 2.45) is 5.41 Å². The Balaban J connectivity index is 2.32. The smallest absolute Gasteiger partial charge is 0.314 e. The summed E-state index contributed by atoms with van der Waals surface area (Å²) in [6, 6.07) is 0. The molecule has 1 N–H and O–H groups in total. The third kappa shape index (κ3) is 1.26. The molecule has 92 valence electrons. The molecule has 2 aliphatic rings. The highest BCUT2D eigenvalue weighted by Gasteiger charge is 2.66. The minimum atomic E-state index is -0.711. The molecule has 2 aliphatic heterocycles. The molecule has 0 radical (unpaired) electrons. The predicted octanol–water partition coefficient (Wildman–Crippen LogP) is 1.26. The van der Waals surface area contributed by atoms with Crippen LogP contribution in [-0.4, -0.2) is 35.5 Å². The molecule has 4 nitrogen and oxygen atoms in total. The molecule has 0 aromatic heterocycles. The van der Waals surface area contributed by atoms with Crippen molar-refractivity contribution in [1.82, 2.24) is 0 Å². The van der Waals surface area contributed by atoms with E-state index in [9.17, 15) is 9.90 Å². The molecule has 16 heavy (non-hydrogen) atoms. The lowest BCUT2D eigenvalue weighted by Crippen LogP contribution is -2.49. The van der Waals surface area contributed by atoms with E-state index < -0.39 is 22.7 Å².